The third-order valence-electron chi connectivity index (χ3n) is 6.11. The maximum absolute atomic E-state index is 10.7. The molecule has 164 valence electrons. The van der Waals surface area contributed by atoms with Crippen molar-refractivity contribution in [3.8, 4) is 0 Å². The van der Waals surface area contributed by atoms with Gasteiger partial charge in [-0.3, -0.25) is 0 Å². The van der Waals surface area contributed by atoms with Gasteiger partial charge < -0.3 is 25.2 Å². The average molecular weight is 443 g/mol. The van der Waals surface area contributed by atoms with Crippen molar-refractivity contribution in [2.24, 2.45) is 0 Å². The van der Waals surface area contributed by atoms with Crippen LogP contribution in [0, 0.1) is 0 Å². The zero-order chi connectivity index (χ0) is 22.1. The van der Waals surface area contributed by atoms with Crippen LogP contribution in [0.3, 0.4) is 0 Å². The van der Waals surface area contributed by atoms with Crippen molar-refractivity contribution >= 4 is 22.4 Å². The number of hydrogen-bond acceptors (Lipinski definition) is 5. The summed E-state index contributed by atoms with van der Waals surface area (Å²) in [6.07, 6.45) is -4.50. The van der Waals surface area contributed by atoms with E-state index in [9.17, 15) is 20.4 Å². The molecule has 3 aromatic carbocycles. The minimum Gasteiger partial charge on any atom is -0.394 e. The van der Waals surface area contributed by atoms with E-state index in [0.29, 0.717) is 17.0 Å². The van der Waals surface area contributed by atoms with Gasteiger partial charge in [0, 0.05) is 5.39 Å². The predicted octanol–water partition coefficient (Wildman–Crippen LogP) is 3.16. The average Bonchev–Trinajstić information content (AvgIpc) is 2.80. The highest BCUT2D eigenvalue weighted by atomic mass is 35.5. The first-order valence-electron chi connectivity index (χ1n) is 10.5. The van der Waals surface area contributed by atoms with Gasteiger partial charge in [0.15, 0.2) is 0 Å². The van der Waals surface area contributed by atoms with Crippen LogP contribution in [0.4, 0.5) is 0 Å². The van der Waals surface area contributed by atoms with E-state index in [1.54, 1.807) is 0 Å². The molecular weight excluding hydrogens is 416 g/mol. The summed E-state index contributed by atoms with van der Waals surface area (Å²) < 4.78 is 5.85. The van der Waals surface area contributed by atoms with Crippen LogP contribution in [-0.4, -0.2) is 51.4 Å². The maximum Gasteiger partial charge on any atom is 0.113 e. The van der Waals surface area contributed by atoms with Crippen molar-refractivity contribution in [3.05, 3.63) is 81.9 Å². The Labute approximate surface area is 186 Å². The molecule has 1 heterocycles. The van der Waals surface area contributed by atoms with Gasteiger partial charge in [-0.2, -0.15) is 0 Å². The normalized spacial score (nSPS) is 26.3. The van der Waals surface area contributed by atoms with Crippen LogP contribution in [0.15, 0.2) is 54.6 Å². The molecule has 31 heavy (non-hydrogen) atoms. The molecule has 0 amide bonds. The van der Waals surface area contributed by atoms with Crippen LogP contribution in [0.5, 0.6) is 0 Å². The van der Waals surface area contributed by atoms with Crippen molar-refractivity contribution in [2.45, 2.75) is 50.3 Å². The first-order valence-corrected chi connectivity index (χ1v) is 10.9. The lowest BCUT2D eigenvalue weighted by molar-refractivity contribution is -0.231. The van der Waals surface area contributed by atoms with E-state index in [1.807, 2.05) is 30.3 Å². The van der Waals surface area contributed by atoms with Crippen LogP contribution in [0.25, 0.3) is 10.8 Å². The lowest BCUT2D eigenvalue weighted by atomic mass is 9.87. The molecule has 0 radical (unpaired) electrons. The second kappa shape index (κ2) is 9.25. The van der Waals surface area contributed by atoms with Crippen LogP contribution in [-0.2, 0) is 17.6 Å². The van der Waals surface area contributed by atoms with Gasteiger partial charge in [-0.15, -0.1) is 0 Å². The third-order valence-corrected chi connectivity index (χ3v) is 6.56. The summed E-state index contributed by atoms with van der Waals surface area (Å²) in [5.74, 6) is 0. The second-order valence-electron chi connectivity index (χ2n) is 8.08. The lowest BCUT2D eigenvalue weighted by Gasteiger charge is -2.40. The highest BCUT2D eigenvalue weighted by molar-refractivity contribution is 6.36. The number of aliphatic hydroxyl groups is 4. The minimum atomic E-state index is -1.43. The molecule has 1 aliphatic heterocycles. The number of ether oxygens (including phenoxy) is 1. The Morgan fingerprint density at radius 2 is 1.52 bits per heavy atom. The fraction of sp³-hybridized carbons (Fsp3) is 0.360. The highest BCUT2D eigenvalue weighted by Crippen LogP contribution is 2.40. The zero-order valence-electron chi connectivity index (χ0n) is 17.3. The van der Waals surface area contributed by atoms with E-state index in [4.69, 9.17) is 16.3 Å². The standard InChI is InChI=1S/C25H27ClO5/c1-2-14-7-9-15(10-8-14)11-16-12-19(17-5-3-4-6-18(17)21(16)26)25-24(30)23(29)22(28)20(13-27)31-25/h3-10,12,20,22-25,27-30H,2,11,13H2,1H3/t20-,22-,23+,24-,25+/m1/s1. The van der Waals surface area contributed by atoms with E-state index in [1.165, 1.54) is 5.56 Å². The van der Waals surface area contributed by atoms with Crippen LogP contribution < -0.4 is 0 Å². The Hall–Kier alpha value is -1.99. The second-order valence-corrected chi connectivity index (χ2v) is 8.46. The summed E-state index contributed by atoms with van der Waals surface area (Å²) in [7, 11) is 0. The SMILES string of the molecule is CCc1ccc(Cc2cc([C@@H]3O[C@H](CO)[C@@H](O)[C@H](O)[C@H]3O)c3ccccc3c2Cl)cc1. The summed E-state index contributed by atoms with van der Waals surface area (Å²) >= 11 is 6.77. The summed E-state index contributed by atoms with van der Waals surface area (Å²) in [6, 6.07) is 17.8. The van der Waals surface area contributed by atoms with Crippen molar-refractivity contribution in [1.82, 2.24) is 0 Å². The summed E-state index contributed by atoms with van der Waals surface area (Å²) in [5.41, 5.74) is 3.90. The number of halogens is 1. The molecule has 0 unspecified atom stereocenters. The maximum atomic E-state index is 10.7. The zero-order valence-corrected chi connectivity index (χ0v) is 18.0. The van der Waals surface area contributed by atoms with Crippen molar-refractivity contribution in [3.63, 3.8) is 0 Å². The molecular formula is C25H27ClO5. The number of hydrogen-bond donors (Lipinski definition) is 4. The Balaban J connectivity index is 1.80. The fourth-order valence-electron chi connectivity index (χ4n) is 4.26. The highest BCUT2D eigenvalue weighted by Gasteiger charge is 2.44. The van der Waals surface area contributed by atoms with Crippen molar-refractivity contribution < 1.29 is 25.2 Å². The molecule has 1 aliphatic rings. The van der Waals surface area contributed by atoms with Crippen LogP contribution in [0.2, 0.25) is 5.02 Å². The van der Waals surface area contributed by atoms with Gasteiger partial charge >= 0.3 is 0 Å². The minimum absolute atomic E-state index is 0.469. The van der Waals surface area contributed by atoms with Gasteiger partial charge in [-0.25, -0.2) is 0 Å². The van der Waals surface area contributed by atoms with Gasteiger partial charge in [0.2, 0.25) is 0 Å². The van der Waals surface area contributed by atoms with Gasteiger partial charge in [0.1, 0.15) is 30.5 Å². The number of fused-ring (bicyclic) bond motifs is 1. The predicted molar refractivity (Wildman–Crippen MR) is 120 cm³/mol. The molecule has 4 N–H and O–H groups in total. The van der Waals surface area contributed by atoms with E-state index in [2.05, 4.69) is 31.2 Å². The molecule has 0 spiro atoms. The molecule has 5 nitrogen and oxygen atoms in total. The molecule has 3 aromatic rings. The molecule has 4 rings (SSSR count). The molecule has 1 saturated heterocycles. The molecule has 1 fully saturated rings. The van der Waals surface area contributed by atoms with E-state index >= 15 is 0 Å². The van der Waals surface area contributed by atoms with Crippen molar-refractivity contribution in [1.29, 1.82) is 0 Å². The topological polar surface area (TPSA) is 90.2 Å². The summed E-state index contributed by atoms with van der Waals surface area (Å²) in [6.45, 7) is 1.64. The van der Waals surface area contributed by atoms with Gasteiger partial charge in [0.05, 0.1) is 11.6 Å². The molecule has 0 saturated carbocycles. The van der Waals surface area contributed by atoms with Crippen LogP contribution in [0.1, 0.15) is 35.3 Å². The van der Waals surface area contributed by atoms with Crippen LogP contribution >= 0.6 is 11.6 Å². The largest absolute Gasteiger partial charge is 0.394 e. The number of aliphatic hydroxyl groups excluding tert-OH is 4. The number of aryl methyl sites for hydroxylation is 1. The Bertz CT molecular complexity index is 1050. The lowest BCUT2D eigenvalue weighted by Crippen LogP contribution is -2.55. The Morgan fingerprint density at radius 3 is 2.16 bits per heavy atom. The molecule has 0 bridgehead atoms. The fourth-order valence-corrected chi connectivity index (χ4v) is 4.55. The van der Waals surface area contributed by atoms with E-state index in [-0.39, 0.29) is 0 Å². The van der Waals surface area contributed by atoms with E-state index < -0.39 is 37.1 Å². The number of benzene rings is 3. The first kappa shape index (κ1) is 22.2. The Morgan fingerprint density at radius 1 is 0.871 bits per heavy atom. The summed E-state index contributed by atoms with van der Waals surface area (Å²) in [5, 5.41) is 43.0. The Kier molecular flexibility index (Phi) is 6.63. The van der Waals surface area contributed by atoms with E-state index in [0.717, 1.165) is 28.3 Å². The first-order chi connectivity index (χ1) is 14.9. The van der Waals surface area contributed by atoms with Crippen molar-refractivity contribution in [2.75, 3.05) is 6.61 Å². The molecule has 6 heteroatoms. The quantitative estimate of drug-likeness (QED) is 0.487. The monoisotopic (exact) mass is 442 g/mol. The molecule has 0 aliphatic carbocycles. The van der Waals surface area contributed by atoms with Gasteiger partial charge in [-0.1, -0.05) is 73.1 Å². The summed E-state index contributed by atoms with van der Waals surface area (Å²) in [4.78, 5) is 0. The number of rotatable bonds is 5. The molecule has 0 aromatic heterocycles. The molecule has 5 atom stereocenters. The van der Waals surface area contributed by atoms with Gasteiger partial charge in [0.25, 0.3) is 0 Å². The smallest absolute Gasteiger partial charge is 0.113 e. The van der Waals surface area contributed by atoms with Gasteiger partial charge in [-0.05, 0) is 40.5 Å². The third kappa shape index (κ3) is 4.22.